The van der Waals surface area contributed by atoms with Gasteiger partial charge in [0.2, 0.25) is 0 Å². The smallest absolute Gasteiger partial charge is 0.123 e. The molecule has 0 bridgehead atoms. The first-order valence-electron chi connectivity index (χ1n) is 6.69. The van der Waals surface area contributed by atoms with E-state index in [1.165, 1.54) is 17.2 Å². The molecule has 1 nitrogen and oxygen atoms in total. The van der Waals surface area contributed by atoms with Crippen LogP contribution in [0, 0.1) is 25.6 Å². The van der Waals surface area contributed by atoms with E-state index in [2.05, 4.69) is 31.8 Å². The van der Waals surface area contributed by atoms with Gasteiger partial charge >= 0.3 is 0 Å². The van der Waals surface area contributed by atoms with E-state index in [4.69, 9.17) is 0 Å². The van der Waals surface area contributed by atoms with Crippen molar-refractivity contribution in [2.75, 3.05) is 0 Å². The van der Waals surface area contributed by atoms with E-state index in [-0.39, 0.29) is 5.82 Å². The monoisotopic (exact) mass is 257 g/mol. The molecule has 2 heteroatoms. The second kappa shape index (κ2) is 5.52. The summed E-state index contributed by atoms with van der Waals surface area (Å²) in [5.74, 6) is 0.416. The third-order valence-corrected chi connectivity index (χ3v) is 3.31. The van der Waals surface area contributed by atoms with E-state index in [1.54, 1.807) is 6.07 Å². The Morgan fingerprint density at radius 1 is 1.11 bits per heavy atom. The number of hydrogen-bond acceptors (Lipinski definition) is 1. The Kier molecular flexibility index (Phi) is 3.98. The maximum atomic E-state index is 13.2. The maximum Gasteiger partial charge on any atom is 0.123 e. The van der Waals surface area contributed by atoms with Crippen molar-refractivity contribution in [2.24, 2.45) is 5.92 Å². The lowest BCUT2D eigenvalue weighted by Crippen LogP contribution is -1.99. The maximum absolute atomic E-state index is 13.2. The Bertz CT molecular complexity index is 588. The van der Waals surface area contributed by atoms with Gasteiger partial charge in [-0.1, -0.05) is 13.8 Å². The van der Waals surface area contributed by atoms with Gasteiger partial charge in [0.15, 0.2) is 0 Å². The van der Waals surface area contributed by atoms with E-state index in [0.29, 0.717) is 5.92 Å². The fraction of sp³-hybridized carbons (Fsp3) is 0.353. The first-order valence-corrected chi connectivity index (χ1v) is 6.69. The van der Waals surface area contributed by atoms with Crippen molar-refractivity contribution in [3.63, 3.8) is 0 Å². The summed E-state index contributed by atoms with van der Waals surface area (Å²) in [7, 11) is 0. The molecule has 2 rings (SSSR count). The average Bonchev–Trinajstić information content (AvgIpc) is 2.32. The predicted octanol–water partition coefficient (Wildman–Crippen LogP) is 4.70. The van der Waals surface area contributed by atoms with Crippen LogP contribution in [0.15, 0.2) is 30.5 Å². The van der Waals surface area contributed by atoms with Crippen LogP contribution in [-0.2, 0) is 6.42 Å². The molecule has 1 aromatic heterocycles. The van der Waals surface area contributed by atoms with Gasteiger partial charge in [-0.2, -0.15) is 0 Å². The van der Waals surface area contributed by atoms with Crippen LogP contribution in [0.2, 0.25) is 0 Å². The summed E-state index contributed by atoms with van der Waals surface area (Å²) in [6.07, 6.45) is 2.96. The number of aromatic nitrogens is 1. The molecule has 0 atom stereocenters. The standard InChI is InChI=1S/C17H20FN/c1-11(2)7-14-9-17(19-10-13(14)4)16-6-5-15(18)8-12(16)3/h5-6,8-11H,7H2,1-4H3. The summed E-state index contributed by atoms with van der Waals surface area (Å²) >= 11 is 0. The Hall–Kier alpha value is -1.70. The second-order valence-electron chi connectivity index (χ2n) is 5.55. The van der Waals surface area contributed by atoms with E-state index in [0.717, 1.165) is 23.2 Å². The molecule has 0 aliphatic heterocycles. The summed E-state index contributed by atoms with van der Waals surface area (Å²) in [4.78, 5) is 4.48. The SMILES string of the molecule is Cc1cnc(-c2ccc(F)cc2C)cc1CC(C)C. The largest absolute Gasteiger partial charge is 0.256 e. The van der Waals surface area contributed by atoms with Gasteiger partial charge in [0.25, 0.3) is 0 Å². The summed E-state index contributed by atoms with van der Waals surface area (Å²) < 4.78 is 13.2. The fourth-order valence-electron chi connectivity index (χ4n) is 2.29. The first-order chi connectivity index (χ1) is 8.97. The van der Waals surface area contributed by atoms with Gasteiger partial charge < -0.3 is 0 Å². The summed E-state index contributed by atoms with van der Waals surface area (Å²) in [5.41, 5.74) is 5.40. The first kappa shape index (κ1) is 13.7. The minimum Gasteiger partial charge on any atom is -0.256 e. The molecular formula is C17H20FN. The van der Waals surface area contributed by atoms with Crippen molar-refractivity contribution in [1.82, 2.24) is 4.98 Å². The Morgan fingerprint density at radius 3 is 2.47 bits per heavy atom. The third-order valence-electron chi connectivity index (χ3n) is 3.31. The van der Waals surface area contributed by atoms with Gasteiger partial charge in [-0.25, -0.2) is 4.39 Å². The molecule has 1 heterocycles. The molecule has 0 saturated heterocycles. The lowest BCUT2D eigenvalue weighted by atomic mass is 9.97. The second-order valence-corrected chi connectivity index (χ2v) is 5.55. The number of hydrogen-bond donors (Lipinski definition) is 0. The van der Waals surface area contributed by atoms with E-state index < -0.39 is 0 Å². The van der Waals surface area contributed by atoms with Gasteiger partial charge in [0.05, 0.1) is 5.69 Å². The van der Waals surface area contributed by atoms with E-state index in [9.17, 15) is 4.39 Å². The van der Waals surface area contributed by atoms with E-state index >= 15 is 0 Å². The van der Waals surface area contributed by atoms with Crippen LogP contribution in [-0.4, -0.2) is 4.98 Å². The van der Waals surface area contributed by atoms with Gasteiger partial charge in [0, 0.05) is 11.8 Å². The number of aryl methyl sites for hydroxylation is 2. The minimum atomic E-state index is -0.198. The molecule has 0 aliphatic carbocycles. The molecule has 0 amide bonds. The average molecular weight is 257 g/mol. The van der Waals surface area contributed by atoms with Crippen molar-refractivity contribution >= 4 is 0 Å². The van der Waals surface area contributed by atoms with Gasteiger partial charge in [-0.3, -0.25) is 4.98 Å². The number of halogens is 1. The zero-order valence-electron chi connectivity index (χ0n) is 12.0. The minimum absolute atomic E-state index is 0.198. The molecule has 0 saturated carbocycles. The molecule has 0 aliphatic rings. The molecule has 0 radical (unpaired) electrons. The third kappa shape index (κ3) is 3.19. The quantitative estimate of drug-likeness (QED) is 0.776. The van der Waals surface area contributed by atoms with Gasteiger partial charge in [-0.05, 0) is 67.1 Å². The predicted molar refractivity (Wildman–Crippen MR) is 77.6 cm³/mol. The van der Waals surface area contributed by atoms with Crippen LogP contribution in [0.5, 0.6) is 0 Å². The van der Waals surface area contributed by atoms with Crippen molar-refractivity contribution in [1.29, 1.82) is 0 Å². The van der Waals surface area contributed by atoms with Crippen LogP contribution in [0.3, 0.4) is 0 Å². The molecule has 2 aromatic rings. The number of nitrogens with zero attached hydrogens (tertiary/aromatic N) is 1. The number of pyridine rings is 1. The molecule has 0 N–H and O–H groups in total. The number of rotatable bonds is 3. The Morgan fingerprint density at radius 2 is 1.84 bits per heavy atom. The summed E-state index contributed by atoms with van der Waals surface area (Å²) in [6.45, 7) is 8.43. The fourth-order valence-corrected chi connectivity index (χ4v) is 2.29. The normalized spacial score (nSPS) is 11.1. The van der Waals surface area contributed by atoms with Crippen molar-refractivity contribution in [3.05, 3.63) is 53.0 Å². The molecular weight excluding hydrogens is 237 g/mol. The molecule has 100 valence electrons. The lowest BCUT2D eigenvalue weighted by molar-refractivity contribution is 0.627. The highest BCUT2D eigenvalue weighted by atomic mass is 19.1. The Balaban J connectivity index is 2.45. The van der Waals surface area contributed by atoms with Crippen LogP contribution in [0.1, 0.15) is 30.5 Å². The molecule has 0 fully saturated rings. The van der Waals surface area contributed by atoms with Crippen LogP contribution >= 0.6 is 0 Å². The highest BCUT2D eigenvalue weighted by Gasteiger charge is 2.08. The highest BCUT2D eigenvalue weighted by Crippen LogP contribution is 2.25. The van der Waals surface area contributed by atoms with Crippen LogP contribution in [0.25, 0.3) is 11.3 Å². The van der Waals surface area contributed by atoms with Crippen molar-refractivity contribution in [3.8, 4) is 11.3 Å². The van der Waals surface area contributed by atoms with Gasteiger partial charge in [-0.15, -0.1) is 0 Å². The van der Waals surface area contributed by atoms with Crippen LogP contribution < -0.4 is 0 Å². The molecule has 0 spiro atoms. The van der Waals surface area contributed by atoms with Gasteiger partial charge in [0.1, 0.15) is 5.82 Å². The molecule has 1 aromatic carbocycles. The molecule has 19 heavy (non-hydrogen) atoms. The zero-order chi connectivity index (χ0) is 14.0. The summed E-state index contributed by atoms with van der Waals surface area (Å²) in [6, 6.07) is 6.99. The lowest BCUT2D eigenvalue weighted by Gasteiger charge is -2.12. The van der Waals surface area contributed by atoms with Crippen LogP contribution in [0.4, 0.5) is 4.39 Å². The molecule has 0 unspecified atom stereocenters. The van der Waals surface area contributed by atoms with Crippen molar-refractivity contribution in [2.45, 2.75) is 34.1 Å². The zero-order valence-corrected chi connectivity index (χ0v) is 12.0. The summed E-state index contributed by atoms with van der Waals surface area (Å²) in [5, 5.41) is 0. The highest BCUT2D eigenvalue weighted by molar-refractivity contribution is 5.64. The van der Waals surface area contributed by atoms with Crippen molar-refractivity contribution < 1.29 is 4.39 Å². The van der Waals surface area contributed by atoms with E-state index in [1.807, 2.05) is 19.2 Å². The number of benzene rings is 1. The Labute approximate surface area is 114 Å². The topological polar surface area (TPSA) is 12.9 Å².